The second kappa shape index (κ2) is 10.7. The second-order valence-electron chi connectivity index (χ2n) is 12.6. The van der Waals surface area contributed by atoms with E-state index in [1.165, 1.54) is 6.20 Å². The first-order chi connectivity index (χ1) is 21.5. The van der Waals surface area contributed by atoms with E-state index in [-0.39, 0.29) is 46.2 Å². The number of halogens is 1. The summed E-state index contributed by atoms with van der Waals surface area (Å²) in [5, 5.41) is 4.57. The van der Waals surface area contributed by atoms with Crippen LogP contribution >= 0.6 is 0 Å². The summed E-state index contributed by atoms with van der Waals surface area (Å²) in [5.41, 5.74) is 5.59. The van der Waals surface area contributed by atoms with Gasteiger partial charge >= 0.3 is 6.09 Å². The zero-order valence-corrected chi connectivity index (χ0v) is 25.3. The van der Waals surface area contributed by atoms with Crippen molar-refractivity contribution in [3.8, 4) is 17.2 Å². The van der Waals surface area contributed by atoms with Crippen LogP contribution in [-0.4, -0.2) is 72.5 Å². The van der Waals surface area contributed by atoms with E-state index in [2.05, 4.69) is 5.32 Å². The van der Waals surface area contributed by atoms with Crippen LogP contribution in [0.15, 0.2) is 47.4 Å². The number of amides is 2. The number of fused-ring (bicyclic) bond motifs is 3. The SMILES string of the molecule is CC(C)(C)OC(=O)NC1CCN(c2c(F)c(N)c3c(=O)c(C(=O)N4CCOCC4)cn4c3c2Oc2cc3ccccc3cc2-4)C1. The van der Waals surface area contributed by atoms with Crippen molar-refractivity contribution in [3.63, 3.8) is 0 Å². The molecule has 2 saturated heterocycles. The number of aromatic nitrogens is 1. The third-order valence-corrected chi connectivity index (χ3v) is 8.40. The maximum atomic E-state index is 16.5. The first-order valence-corrected chi connectivity index (χ1v) is 15.0. The van der Waals surface area contributed by atoms with Crippen LogP contribution in [0.3, 0.4) is 0 Å². The number of hydrogen-bond donors (Lipinski definition) is 2. The monoisotopic (exact) mass is 615 g/mol. The van der Waals surface area contributed by atoms with Gasteiger partial charge in [0.15, 0.2) is 17.3 Å². The van der Waals surface area contributed by atoms with Crippen LogP contribution < -0.4 is 26.1 Å². The Morgan fingerprint density at radius 3 is 2.51 bits per heavy atom. The lowest BCUT2D eigenvalue weighted by atomic mass is 10.0. The maximum absolute atomic E-state index is 16.5. The quantitative estimate of drug-likeness (QED) is 0.283. The van der Waals surface area contributed by atoms with Crippen LogP contribution in [0, 0.1) is 5.82 Å². The Morgan fingerprint density at radius 1 is 1.09 bits per heavy atom. The van der Waals surface area contributed by atoms with Crippen LogP contribution in [0.4, 0.5) is 20.6 Å². The highest BCUT2D eigenvalue weighted by atomic mass is 19.1. The van der Waals surface area contributed by atoms with E-state index in [4.69, 9.17) is 19.9 Å². The number of carbonyl (C=O) groups excluding carboxylic acids is 2. The Kier molecular flexibility index (Phi) is 6.84. The summed E-state index contributed by atoms with van der Waals surface area (Å²) in [4.78, 5) is 43.5. The first-order valence-electron chi connectivity index (χ1n) is 15.0. The third-order valence-electron chi connectivity index (χ3n) is 8.40. The van der Waals surface area contributed by atoms with Gasteiger partial charge in [-0.1, -0.05) is 24.3 Å². The van der Waals surface area contributed by atoms with Crippen LogP contribution in [0.5, 0.6) is 11.5 Å². The zero-order chi connectivity index (χ0) is 31.6. The lowest BCUT2D eigenvalue weighted by Crippen LogP contribution is -2.42. The topological polar surface area (TPSA) is 128 Å². The number of hydrogen-bond acceptors (Lipinski definition) is 8. The van der Waals surface area contributed by atoms with Crippen molar-refractivity contribution in [2.24, 2.45) is 0 Å². The highest BCUT2D eigenvalue weighted by Gasteiger charge is 2.36. The molecule has 0 bridgehead atoms. The molecule has 0 spiro atoms. The van der Waals surface area contributed by atoms with Crippen molar-refractivity contribution in [3.05, 3.63) is 64.2 Å². The molecule has 0 radical (unpaired) electrons. The largest absolute Gasteiger partial charge is 0.451 e. The van der Waals surface area contributed by atoms with Gasteiger partial charge in [0.25, 0.3) is 5.91 Å². The minimum Gasteiger partial charge on any atom is -0.451 e. The van der Waals surface area contributed by atoms with Gasteiger partial charge in [0.05, 0.1) is 36.0 Å². The van der Waals surface area contributed by atoms with Gasteiger partial charge in [-0.25, -0.2) is 9.18 Å². The van der Waals surface area contributed by atoms with Crippen LogP contribution in [0.25, 0.3) is 27.4 Å². The number of nitrogens with one attached hydrogen (secondary N) is 1. The molecule has 1 atom stereocenters. The minimum absolute atomic E-state index is 0.0905. The van der Waals surface area contributed by atoms with Crippen molar-refractivity contribution in [2.75, 3.05) is 50.0 Å². The van der Waals surface area contributed by atoms with Gasteiger partial charge in [-0.3, -0.25) is 9.59 Å². The summed E-state index contributed by atoms with van der Waals surface area (Å²) in [6.45, 7) is 7.39. The summed E-state index contributed by atoms with van der Waals surface area (Å²) in [5.74, 6) is -0.730. The van der Waals surface area contributed by atoms with Crippen LogP contribution in [0.2, 0.25) is 0 Å². The van der Waals surface area contributed by atoms with E-state index < -0.39 is 28.8 Å². The molecule has 1 aromatic heterocycles. The Morgan fingerprint density at radius 2 is 1.80 bits per heavy atom. The lowest BCUT2D eigenvalue weighted by Gasteiger charge is -2.31. The van der Waals surface area contributed by atoms with Gasteiger partial charge in [0, 0.05) is 32.4 Å². The van der Waals surface area contributed by atoms with Gasteiger partial charge in [0.2, 0.25) is 5.43 Å². The van der Waals surface area contributed by atoms with Gasteiger partial charge in [-0.2, -0.15) is 0 Å². The molecular formula is C33H34FN5O6. The molecule has 11 nitrogen and oxygen atoms in total. The number of rotatable bonds is 3. The number of nitrogens with two attached hydrogens (primary N) is 1. The summed E-state index contributed by atoms with van der Waals surface area (Å²) < 4.78 is 35.5. The molecule has 0 aliphatic carbocycles. The number of alkyl carbamates (subject to hydrolysis) is 1. The van der Waals surface area contributed by atoms with E-state index >= 15 is 4.39 Å². The molecule has 0 saturated carbocycles. The molecule has 3 N–H and O–H groups in total. The number of nitrogen functional groups attached to an aromatic ring is 1. The molecule has 3 aromatic carbocycles. The molecule has 1 unspecified atom stereocenters. The predicted octanol–water partition coefficient (Wildman–Crippen LogP) is 4.55. The predicted molar refractivity (Wildman–Crippen MR) is 168 cm³/mol. The molecule has 45 heavy (non-hydrogen) atoms. The molecule has 3 aliphatic rings. The second-order valence-corrected chi connectivity index (χ2v) is 12.6. The Bertz CT molecular complexity index is 1940. The van der Waals surface area contributed by atoms with E-state index in [0.717, 1.165) is 10.8 Å². The normalized spacial score (nSPS) is 17.7. The minimum atomic E-state index is -0.820. The van der Waals surface area contributed by atoms with Gasteiger partial charge in [-0.05, 0) is 50.1 Å². The molecule has 2 fully saturated rings. The number of carbonyl (C=O) groups is 2. The number of nitrogens with zero attached hydrogens (tertiary/aromatic N) is 3. The van der Waals surface area contributed by atoms with E-state index in [9.17, 15) is 14.4 Å². The average Bonchev–Trinajstić information content (AvgIpc) is 3.45. The number of anilines is 2. The molecule has 4 heterocycles. The maximum Gasteiger partial charge on any atom is 0.407 e. The van der Waals surface area contributed by atoms with Crippen molar-refractivity contribution in [1.82, 2.24) is 14.8 Å². The highest BCUT2D eigenvalue weighted by Crippen LogP contribution is 2.50. The van der Waals surface area contributed by atoms with Crippen molar-refractivity contribution in [1.29, 1.82) is 0 Å². The average molecular weight is 616 g/mol. The zero-order valence-electron chi connectivity index (χ0n) is 25.3. The van der Waals surface area contributed by atoms with E-state index in [1.807, 2.05) is 36.4 Å². The lowest BCUT2D eigenvalue weighted by molar-refractivity contribution is 0.0301. The molecule has 234 valence electrons. The summed E-state index contributed by atoms with van der Waals surface area (Å²) >= 11 is 0. The number of benzene rings is 3. The molecular weight excluding hydrogens is 581 g/mol. The Labute approximate surface area is 258 Å². The van der Waals surface area contributed by atoms with Crippen LogP contribution in [0.1, 0.15) is 37.6 Å². The fraction of sp³-hybridized carbons (Fsp3) is 0.364. The van der Waals surface area contributed by atoms with Crippen molar-refractivity contribution in [2.45, 2.75) is 38.8 Å². The fourth-order valence-corrected chi connectivity index (χ4v) is 6.34. The first kappa shape index (κ1) is 28.9. The van der Waals surface area contributed by atoms with Crippen molar-refractivity contribution >= 4 is 45.1 Å². The molecule has 4 aromatic rings. The standard InChI is InChI=1S/C33H34FN5O6/c1-33(2,3)45-32(42)36-20-8-9-38(16-20)28-25(34)26(35)24-27-30(28)44-23-15-19-7-5-4-6-18(19)14-22(23)39(27)17-21(29(24)40)31(41)37-10-12-43-13-11-37/h4-7,14-15,17,20H,8-13,16,35H2,1-3H3,(H,36,42). The number of morpholine rings is 1. The fourth-order valence-electron chi connectivity index (χ4n) is 6.34. The third kappa shape index (κ3) is 4.98. The van der Waals surface area contributed by atoms with Gasteiger partial charge < -0.3 is 39.6 Å². The van der Waals surface area contributed by atoms with Crippen LogP contribution in [-0.2, 0) is 9.47 Å². The Hall–Kier alpha value is -4.84. The van der Waals surface area contributed by atoms with Crippen molar-refractivity contribution < 1.29 is 28.2 Å². The smallest absolute Gasteiger partial charge is 0.407 e. The molecule has 12 heteroatoms. The summed E-state index contributed by atoms with van der Waals surface area (Å²) in [7, 11) is 0. The molecule has 2 amide bonds. The molecule has 3 aliphatic heterocycles. The van der Waals surface area contributed by atoms with Gasteiger partial charge in [-0.15, -0.1) is 0 Å². The highest BCUT2D eigenvalue weighted by molar-refractivity contribution is 6.06. The summed E-state index contributed by atoms with van der Waals surface area (Å²) in [6, 6.07) is 11.2. The van der Waals surface area contributed by atoms with E-state index in [0.29, 0.717) is 50.7 Å². The summed E-state index contributed by atoms with van der Waals surface area (Å²) in [6.07, 6.45) is 1.48. The number of pyridine rings is 1. The Balaban J connectivity index is 1.40. The van der Waals surface area contributed by atoms with E-state index in [1.54, 1.807) is 35.1 Å². The van der Waals surface area contributed by atoms with Gasteiger partial charge in [0.1, 0.15) is 22.4 Å². The molecule has 7 rings (SSSR count). The number of ether oxygens (including phenoxy) is 3.